The molecule has 0 unspecified atom stereocenters. The quantitative estimate of drug-likeness (QED) is 0.0435. The molecule has 0 saturated carbocycles. The van der Waals surface area contributed by atoms with Crippen molar-refractivity contribution in [3.05, 3.63) is 29.8 Å². The first-order valence-corrected chi connectivity index (χ1v) is 19.0. The van der Waals surface area contributed by atoms with Crippen LogP contribution >= 0.6 is 0 Å². The van der Waals surface area contributed by atoms with Crippen molar-refractivity contribution in [3.63, 3.8) is 0 Å². The predicted molar refractivity (Wildman–Crippen MR) is 206 cm³/mol. The van der Waals surface area contributed by atoms with Crippen LogP contribution in [-0.4, -0.2) is 130 Å². The average molecular weight is 837 g/mol. The fourth-order valence-electron chi connectivity index (χ4n) is 4.69. The number of benzene rings is 1. The number of carbonyl (C=O) groups is 9. The molecule has 59 heavy (non-hydrogen) atoms. The Bertz CT molecular complexity index is 1570. The van der Waals surface area contributed by atoms with E-state index >= 15 is 0 Å². The third-order valence-corrected chi connectivity index (χ3v) is 7.88. The summed E-state index contributed by atoms with van der Waals surface area (Å²) in [7, 11) is 0. The number of hydroxylamine groups is 2. The topological polar surface area (TPSA) is 301 Å². The number of anilines is 1. The van der Waals surface area contributed by atoms with Crippen molar-refractivity contribution >= 4 is 59.2 Å². The zero-order chi connectivity index (χ0) is 43.6. The Balaban J connectivity index is 1.67. The van der Waals surface area contributed by atoms with Crippen molar-refractivity contribution in [1.29, 1.82) is 0 Å². The van der Waals surface area contributed by atoms with E-state index in [1.807, 2.05) is 20.8 Å². The molecule has 1 aromatic rings. The molecule has 9 amide bonds. The number of rotatable bonds is 27. The third-order valence-electron chi connectivity index (χ3n) is 7.88. The monoisotopic (exact) mass is 836 g/mol. The zero-order valence-electron chi connectivity index (χ0n) is 33.6. The molecule has 1 aliphatic heterocycles. The van der Waals surface area contributed by atoms with Crippen LogP contribution in [-0.2, 0) is 64.0 Å². The van der Waals surface area contributed by atoms with Gasteiger partial charge in [0.25, 0.3) is 11.8 Å². The number of nitrogens with zero attached hydrogens (tertiary/aromatic N) is 1. The highest BCUT2D eigenvalue weighted by Crippen LogP contribution is 2.14. The standard InChI is InChI=1S/C37H56N8O14/c1-37(2,3)34(52)39-15-19-56-21-22-57-20-16-41-36(54)58-24-25-6-8-26(9-7-25)43-33(51)27(5-4-14-40-35(38)53)44-29(47)23-42-28(46)12-17-55-18-13-32(50)59-45-30(48)10-11-31(45)49/h6-9,27H,4-5,10-24H2,1-3H3,(H,39,52)(H,41,54)(H,42,46)(H,43,51)(H,44,47)(H3,38,40,53)/t27-/m1/s1. The Morgan fingerprint density at radius 3 is 1.98 bits per heavy atom. The van der Waals surface area contributed by atoms with Crippen LogP contribution in [0.3, 0.4) is 0 Å². The van der Waals surface area contributed by atoms with E-state index in [4.69, 9.17) is 29.5 Å². The number of nitrogens with two attached hydrogens (primary N) is 1. The smallest absolute Gasteiger partial charge is 0.407 e. The molecule has 1 saturated heterocycles. The molecular formula is C37H56N8O14. The van der Waals surface area contributed by atoms with Gasteiger partial charge < -0.3 is 61.4 Å². The van der Waals surface area contributed by atoms with Gasteiger partial charge in [-0.15, -0.1) is 5.06 Å². The van der Waals surface area contributed by atoms with Crippen LogP contribution in [0.1, 0.15) is 64.9 Å². The van der Waals surface area contributed by atoms with Gasteiger partial charge in [0.05, 0.1) is 52.6 Å². The minimum atomic E-state index is -1.06. The molecule has 1 atom stereocenters. The van der Waals surface area contributed by atoms with Crippen molar-refractivity contribution < 1.29 is 66.9 Å². The summed E-state index contributed by atoms with van der Waals surface area (Å²) in [6.45, 7) is 6.70. The van der Waals surface area contributed by atoms with Gasteiger partial charge in [0.1, 0.15) is 12.6 Å². The number of carbonyl (C=O) groups excluding carboxylic acids is 9. The van der Waals surface area contributed by atoms with Gasteiger partial charge >= 0.3 is 18.1 Å². The van der Waals surface area contributed by atoms with E-state index in [0.717, 1.165) is 0 Å². The van der Waals surface area contributed by atoms with Crippen LogP contribution in [0.5, 0.6) is 0 Å². The molecule has 1 aliphatic rings. The summed E-state index contributed by atoms with van der Waals surface area (Å²) in [5, 5.41) is 15.8. The fourth-order valence-corrected chi connectivity index (χ4v) is 4.69. The Kier molecular flexibility index (Phi) is 22.5. The van der Waals surface area contributed by atoms with E-state index in [2.05, 4.69) is 31.9 Å². The molecule has 1 aromatic carbocycles. The minimum absolute atomic E-state index is 0.0310. The van der Waals surface area contributed by atoms with E-state index in [-0.39, 0.29) is 83.9 Å². The van der Waals surface area contributed by atoms with Gasteiger partial charge in [-0.05, 0) is 30.5 Å². The molecule has 22 nitrogen and oxygen atoms in total. The van der Waals surface area contributed by atoms with Crippen molar-refractivity contribution in [1.82, 2.24) is 31.6 Å². The normalized spacial score (nSPS) is 12.9. The number of urea groups is 1. The van der Waals surface area contributed by atoms with E-state index in [9.17, 15) is 43.2 Å². The molecule has 2 rings (SSSR count). The molecule has 1 fully saturated rings. The maximum absolute atomic E-state index is 13.2. The number of hydrogen-bond donors (Lipinski definition) is 7. The lowest BCUT2D eigenvalue weighted by molar-refractivity contribution is -0.198. The molecule has 8 N–H and O–H groups in total. The number of nitrogens with one attached hydrogen (secondary N) is 6. The SMILES string of the molecule is CC(C)(C)C(=O)NCCOCCOCCNC(=O)OCc1ccc(NC(=O)[C@@H](CCCNC(N)=O)NC(=O)CNC(=O)CCOCCC(=O)ON2C(=O)CCC2=O)cc1. The minimum Gasteiger partial charge on any atom is -0.445 e. The maximum atomic E-state index is 13.2. The van der Waals surface area contributed by atoms with Crippen molar-refractivity contribution in [3.8, 4) is 0 Å². The lowest BCUT2D eigenvalue weighted by Gasteiger charge is -2.19. The van der Waals surface area contributed by atoms with Gasteiger partial charge in [0, 0.05) is 50.0 Å². The molecule has 0 radical (unpaired) electrons. The lowest BCUT2D eigenvalue weighted by atomic mass is 9.96. The molecule has 328 valence electrons. The summed E-state index contributed by atoms with van der Waals surface area (Å²) in [5.41, 5.74) is 5.65. The predicted octanol–water partition coefficient (Wildman–Crippen LogP) is -0.500. The summed E-state index contributed by atoms with van der Waals surface area (Å²) in [5.74, 6) is -3.91. The highest BCUT2D eigenvalue weighted by molar-refractivity contribution is 6.01. The second-order valence-corrected chi connectivity index (χ2v) is 13.9. The number of alkyl carbamates (subject to hydrolysis) is 1. The molecule has 0 bridgehead atoms. The van der Waals surface area contributed by atoms with Crippen LogP contribution in [0, 0.1) is 5.41 Å². The van der Waals surface area contributed by atoms with Crippen molar-refractivity contribution in [2.75, 3.05) is 71.1 Å². The van der Waals surface area contributed by atoms with Gasteiger partial charge in [-0.25, -0.2) is 14.4 Å². The molecule has 0 aliphatic carbocycles. The Hall–Kier alpha value is -5.87. The Morgan fingerprint density at radius 1 is 0.746 bits per heavy atom. The lowest BCUT2D eigenvalue weighted by Crippen LogP contribution is -2.47. The van der Waals surface area contributed by atoms with Gasteiger partial charge in [0.15, 0.2) is 0 Å². The number of imide groups is 1. The van der Waals surface area contributed by atoms with Crippen molar-refractivity contribution in [2.24, 2.45) is 11.1 Å². The number of primary amides is 1. The van der Waals surface area contributed by atoms with Crippen LogP contribution in [0.25, 0.3) is 0 Å². The summed E-state index contributed by atoms with van der Waals surface area (Å²) in [6.07, 6.45) is -0.750. The molecule has 22 heteroatoms. The molecule has 1 heterocycles. The highest BCUT2D eigenvalue weighted by Gasteiger charge is 2.32. The summed E-state index contributed by atoms with van der Waals surface area (Å²) >= 11 is 0. The third kappa shape index (κ3) is 22.0. The average Bonchev–Trinajstić information content (AvgIpc) is 3.49. The summed E-state index contributed by atoms with van der Waals surface area (Å²) in [6, 6.07) is 4.62. The highest BCUT2D eigenvalue weighted by atomic mass is 16.7. The Morgan fingerprint density at radius 2 is 1.36 bits per heavy atom. The van der Waals surface area contributed by atoms with Crippen LogP contribution in [0.2, 0.25) is 0 Å². The first kappa shape index (κ1) is 49.3. The largest absolute Gasteiger partial charge is 0.445 e. The first-order valence-electron chi connectivity index (χ1n) is 19.0. The van der Waals surface area contributed by atoms with Crippen LogP contribution in [0.15, 0.2) is 24.3 Å². The van der Waals surface area contributed by atoms with Gasteiger partial charge in [-0.1, -0.05) is 32.9 Å². The second-order valence-electron chi connectivity index (χ2n) is 13.9. The number of hydrogen-bond acceptors (Lipinski definition) is 14. The zero-order valence-corrected chi connectivity index (χ0v) is 33.6. The second kappa shape index (κ2) is 26.9. The van der Waals surface area contributed by atoms with E-state index in [0.29, 0.717) is 42.7 Å². The van der Waals surface area contributed by atoms with Crippen molar-refractivity contribution in [2.45, 2.75) is 71.9 Å². The number of amides is 9. The van der Waals surface area contributed by atoms with E-state index in [1.165, 1.54) is 0 Å². The number of ether oxygens (including phenoxy) is 4. The first-order chi connectivity index (χ1) is 28.0. The van der Waals surface area contributed by atoms with Gasteiger partial charge in [0.2, 0.25) is 23.6 Å². The van der Waals surface area contributed by atoms with Crippen LogP contribution in [0.4, 0.5) is 15.3 Å². The summed E-state index contributed by atoms with van der Waals surface area (Å²) in [4.78, 5) is 113. The maximum Gasteiger partial charge on any atom is 0.407 e. The van der Waals surface area contributed by atoms with Gasteiger partial charge in [-0.3, -0.25) is 28.8 Å². The van der Waals surface area contributed by atoms with E-state index in [1.54, 1.807) is 24.3 Å². The summed E-state index contributed by atoms with van der Waals surface area (Å²) < 4.78 is 21.2. The van der Waals surface area contributed by atoms with Crippen LogP contribution < -0.4 is 37.6 Å². The van der Waals surface area contributed by atoms with Gasteiger partial charge in [-0.2, -0.15) is 0 Å². The Labute approximate surface area is 341 Å². The molecule has 0 aromatic heterocycles. The fraction of sp³-hybridized carbons (Fsp3) is 0.595. The molecule has 0 spiro atoms. The molecular weight excluding hydrogens is 780 g/mol. The van der Waals surface area contributed by atoms with E-state index < -0.39 is 65.6 Å².